The van der Waals surface area contributed by atoms with Crippen molar-refractivity contribution >= 4 is 33.8 Å². The standard InChI is InChI=1S/C29H22BrFN2O3/c30-25-11-4-5-12-27(25)36-24-15-13-20(14-16-24)18-26(33-28(34)22-8-2-1-3-9-22)29(35)32-19-21-7-6-10-23(31)17-21/h1-18H,19H2,(H,32,35)(H,33,34)/b26-18-. The van der Waals surface area contributed by atoms with Gasteiger partial charge in [0.2, 0.25) is 0 Å². The lowest BCUT2D eigenvalue weighted by molar-refractivity contribution is -0.117. The lowest BCUT2D eigenvalue weighted by Gasteiger charge is -2.12. The van der Waals surface area contributed by atoms with Crippen molar-refractivity contribution in [1.29, 1.82) is 0 Å². The first kappa shape index (κ1) is 24.9. The van der Waals surface area contributed by atoms with Crippen LogP contribution in [0.25, 0.3) is 6.08 Å². The molecule has 0 atom stereocenters. The average Bonchev–Trinajstić information content (AvgIpc) is 2.90. The molecule has 2 amide bonds. The van der Waals surface area contributed by atoms with Crippen molar-refractivity contribution < 1.29 is 18.7 Å². The highest BCUT2D eigenvalue weighted by Gasteiger charge is 2.15. The fourth-order valence-corrected chi connectivity index (χ4v) is 3.69. The van der Waals surface area contributed by atoms with Gasteiger partial charge in [0, 0.05) is 12.1 Å². The number of hydrogen-bond acceptors (Lipinski definition) is 3. The fourth-order valence-electron chi connectivity index (χ4n) is 3.32. The monoisotopic (exact) mass is 544 g/mol. The fraction of sp³-hybridized carbons (Fsp3) is 0.0345. The van der Waals surface area contributed by atoms with E-state index in [-0.39, 0.29) is 18.1 Å². The van der Waals surface area contributed by atoms with Gasteiger partial charge in [-0.2, -0.15) is 0 Å². The van der Waals surface area contributed by atoms with Crippen LogP contribution in [0.4, 0.5) is 4.39 Å². The molecule has 0 aromatic heterocycles. The molecule has 7 heteroatoms. The van der Waals surface area contributed by atoms with Gasteiger partial charge in [0.25, 0.3) is 11.8 Å². The Bertz CT molecular complexity index is 1390. The third kappa shape index (κ3) is 6.90. The van der Waals surface area contributed by atoms with E-state index in [2.05, 4.69) is 26.6 Å². The molecule has 0 unspecified atom stereocenters. The average molecular weight is 545 g/mol. The van der Waals surface area contributed by atoms with E-state index in [9.17, 15) is 14.0 Å². The molecule has 0 aliphatic heterocycles. The molecule has 4 aromatic carbocycles. The lowest BCUT2D eigenvalue weighted by Crippen LogP contribution is -2.34. The summed E-state index contributed by atoms with van der Waals surface area (Å²) >= 11 is 3.45. The lowest BCUT2D eigenvalue weighted by atomic mass is 10.1. The van der Waals surface area contributed by atoms with E-state index in [1.54, 1.807) is 72.8 Å². The number of nitrogens with one attached hydrogen (secondary N) is 2. The van der Waals surface area contributed by atoms with Crippen molar-refractivity contribution in [3.05, 3.63) is 136 Å². The summed E-state index contributed by atoms with van der Waals surface area (Å²) in [6.07, 6.45) is 1.57. The molecule has 2 N–H and O–H groups in total. The highest BCUT2D eigenvalue weighted by molar-refractivity contribution is 9.10. The number of halogens is 2. The first-order valence-electron chi connectivity index (χ1n) is 11.1. The Kier molecular flexibility index (Phi) is 8.26. The molecule has 36 heavy (non-hydrogen) atoms. The number of carbonyl (C=O) groups excluding carboxylic acids is 2. The van der Waals surface area contributed by atoms with Crippen molar-refractivity contribution in [3.63, 3.8) is 0 Å². The smallest absolute Gasteiger partial charge is 0.268 e. The number of ether oxygens (including phenoxy) is 1. The largest absolute Gasteiger partial charge is 0.456 e. The zero-order chi connectivity index (χ0) is 25.3. The number of hydrogen-bond donors (Lipinski definition) is 2. The minimum absolute atomic E-state index is 0.0553. The van der Waals surface area contributed by atoms with Crippen LogP contribution in [0, 0.1) is 5.82 Å². The zero-order valence-electron chi connectivity index (χ0n) is 19.1. The molecule has 0 radical (unpaired) electrons. The van der Waals surface area contributed by atoms with Crippen LogP contribution in [0.5, 0.6) is 11.5 Å². The molecule has 0 saturated heterocycles. The predicted molar refractivity (Wildman–Crippen MR) is 141 cm³/mol. The summed E-state index contributed by atoms with van der Waals surface area (Å²) in [5.74, 6) is -0.0220. The number of benzene rings is 4. The summed E-state index contributed by atoms with van der Waals surface area (Å²) in [5, 5.41) is 5.42. The Morgan fingerprint density at radius 2 is 1.58 bits per heavy atom. The van der Waals surface area contributed by atoms with Crippen molar-refractivity contribution in [3.8, 4) is 11.5 Å². The summed E-state index contributed by atoms with van der Waals surface area (Å²) in [4.78, 5) is 25.8. The Morgan fingerprint density at radius 3 is 2.31 bits per heavy atom. The third-order valence-electron chi connectivity index (χ3n) is 5.13. The molecule has 5 nitrogen and oxygen atoms in total. The van der Waals surface area contributed by atoms with Gasteiger partial charge in [-0.15, -0.1) is 0 Å². The minimum atomic E-state index is -0.503. The summed E-state index contributed by atoms with van der Waals surface area (Å²) in [6.45, 7) is 0.105. The summed E-state index contributed by atoms with van der Waals surface area (Å²) in [6, 6.07) is 29.2. The molecule has 0 heterocycles. The maximum atomic E-state index is 13.5. The van der Waals surface area contributed by atoms with Crippen LogP contribution in [-0.2, 0) is 11.3 Å². The normalized spacial score (nSPS) is 11.0. The van der Waals surface area contributed by atoms with Gasteiger partial charge in [-0.05, 0) is 81.7 Å². The van der Waals surface area contributed by atoms with E-state index in [4.69, 9.17) is 4.74 Å². The van der Waals surface area contributed by atoms with Gasteiger partial charge in [0.15, 0.2) is 0 Å². The molecule has 0 aliphatic rings. The minimum Gasteiger partial charge on any atom is -0.456 e. The van der Waals surface area contributed by atoms with Gasteiger partial charge < -0.3 is 15.4 Å². The van der Waals surface area contributed by atoms with Gasteiger partial charge >= 0.3 is 0 Å². The van der Waals surface area contributed by atoms with Crippen LogP contribution in [0.2, 0.25) is 0 Å². The molecule has 180 valence electrons. The maximum Gasteiger partial charge on any atom is 0.268 e. The van der Waals surface area contributed by atoms with Crippen LogP contribution < -0.4 is 15.4 Å². The second-order valence-corrected chi connectivity index (χ2v) is 8.65. The topological polar surface area (TPSA) is 67.4 Å². The number of para-hydroxylation sites is 1. The van der Waals surface area contributed by atoms with E-state index in [0.29, 0.717) is 28.2 Å². The molecule has 4 aromatic rings. The van der Waals surface area contributed by atoms with Gasteiger partial charge in [0.1, 0.15) is 23.0 Å². The van der Waals surface area contributed by atoms with Crippen LogP contribution in [0.1, 0.15) is 21.5 Å². The second-order valence-electron chi connectivity index (χ2n) is 7.79. The molecule has 0 saturated carbocycles. The summed E-state index contributed by atoms with van der Waals surface area (Å²) < 4.78 is 20.2. The van der Waals surface area contributed by atoms with Gasteiger partial charge in [0.05, 0.1) is 4.47 Å². The number of amides is 2. The van der Waals surface area contributed by atoms with E-state index in [1.165, 1.54) is 12.1 Å². The van der Waals surface area contributed by atoms with E-state index in [0.717, 1.165) is 4.47 Å². The zero-order valence-corrected chi connectivity index (χ0v) is 20.7. The van der Waals surface area contributed by atoms with Gasteiger partial charge in [-0.1, -0.05) is 54.6 Å². The summed E-state index contributed by atoms with van der Waals surface area (Å²) in [5.41, 5.74) is 1.75. The van der Waals surface area contributed by atoms with E-state index < -0.39 is 11.8 Å². The predicted octanol–water partition coefficient (Wildman–Crippen LogP) is 6.47. The quantitative estimate of drug-likeness (QED) is 0.250. The first-order chi connectivity index (χ1) is 17.5. The van der Waals surface area contributed by atoms with Gasteiger partial charge in [-0.3, -0.25) is 9.59 Å². The number of rotatable bonds is 8. The van der Waals surface area contributed by atoms with Crippen LogP contribution >= 0.6 is 15.9 Å². The van der Waals surface area contributed by atoms with Gasteiger partial charge in [-0.25, -0.2) is 4.39 Å². The van der Waals surface area contributed by atoms with Crippen molar-refractivity contribution in [2.75, 3.05) is 0 Å². The molecule has 0 fully saturated rings. The molecule has 4 rings (SSSR count). The van der Waals surface area contributed by atoms with Crippen molar-refractivity contribution in [2.24, 2.45) is 0 Å². The van der Waals surface area contributed by atoms with E-state index in [1.807, 2.05) is 24.3 Å². The Balaban J connectivity index is 1.53. The molecule has 0 spiro atoms. The molecular formula is C29H22BrFN2O3. The SMILES string of the molecule is O=C(NCc1cccc(F)c1)/C(=C/c1ccc(Oc2ccccc2Br)cc1)NC(=O)c1ccccc1. The van der Waals surface area contributed by atoms with Crippen molar-refractivity contribution in [1.82, 2.24) is 10.6 Å². The van der Waals surface area contributed by atoms with Crippen molar-refractivity contribution in [2.45, 2.75) is 6.54 Å². The Morgan fingerprint density at radius 1 is 0.861 bits per heavy atom. The highest BCUT2D eigenvalue weighted by Crippen LogP contribution is 2.29. The van der Waals surface area contributed by atoms with E-state index >= 15 is 0 Å². The second kappa shape index (κ2) is 12.0. The van der Waals surface area contributed by atoms with Crippen LogP contribution in [-0.4, -0.2) is 11.8 Å². The first-order valence-corrected chi connectivity index (χ1v) is 11.9. The maximum absolute atomic E-state index is 13.5. The third-order valence-corrected chi connectivity index (χ3v) is 5.78. The Hall–Kier alpha value is -4.23. The summed E-state index contributed by atoms with van der Waals surface area (Å²) in [7, 11) is 0. The highest BCUT2D eigenvalue weighted by atomic mass is 79.9. The molecular weight excluding hydrogens is 523 g/mol. The van der Waals surface area contributed by atoms with Crippen LogP contribution in [0.15, 0.2) is 113 Å². The molecule has 0 aliphatic carbocycles. The molecule has 0 bridgehead atoms. The number of carbonyl (C=O) groups is 2. The Labute approximate surface area is 216 Å². The van der Waals surface area contributed by atoms with Crippen LogP contribution in [0.3, 0.4) is 0 Å².